The molecule has 0 atom stereocenters. The van der Waals surface area contributed by atoms with Gasteiger partial charge in [-0.05, 0) is 12.8 Å². The molecule has 2 rings (SSSR count). The third kappa shape index (κ3) is 3.30. The van der Waals surface area contributed by atoms with Crippen molar-refractivity contribution in [2.75, 3.05) is 16.2 Å². The topological polar surface area (TPSA) is 124 Å². The third-order valence-electron chi connectivity index (χ3n) is 3.30. The Kier molecular flexibility index (Phi) is 4.07. The highest BCUT2D eigenvalue weighted by molar-refractivity contribution is 7.94. The molecule has 1 aromatic rings. The van der Waals surface area contributed by atoms with Crippen LogP contribution in [0.4, 0.5) is 5.82 Å². The molecular formula is C10H18N4O4S2. The molecule has 10 heteroatoms. The summed E-state index contributed by atoms with van der Waals surface area (Å²) < 4.78 is 51.1. The van der Waals surface area contributed by atoms with Crippen molar-refractivity contribution in [1.82, 2.24) is 9.78 Å². The lowest BCUT2D eigenvalue weighted by Crippen LogP contribution is -2.36. The highest BCUT2D eigenvalue weighted by Crippen LogP contribution is 2.22. The smallest absolute Gasteiger partial charge is 0.236 e. The zero-order chi connectivity index (χ0) is 15.0. The maximum Gasteiger partial charge on any atom is 0.236 e. The predicted octanol–water partition coefficient (Wildman–Crippen LogP) is -0.802. The minimum Gasteiger partial charge on any atom is -0.326 e. The van der Waals surface area contributed by atoms with E-state index in [4.69, 9.17) is 5.73 Å². The first kappa shape index (κ1) is 15.3. The summed E-state index contributed by atoms with van der Waals surface area (Å²) >= 11 is 0. The predicted molar refractivity (Wildman–Crippen MR) is 75.3 cm³/mol. The van der Waals surface area contributed by atoms with Crippen LogP contribution in [0.15, 0.2) is 6.20 Å². The second kappa shape index (κ2) is 5.34. The van der Waals surface area contributed by atoms with E-state index in [1.165, 1.54) is 4.68 Å². The second-order valence-electron chi connectivity index (χ2n) is 4.88. The molecule has 0 spiro atoms. The zero-order valence-electron chi connectivity index (χ0n) is 11.1. The van der Waals surface area contributed by atoms with Crippen molar-refractivity contribution in [3.05, 3.63) is 11.8 Å². The Morgan fingerprint density at radius 1 is 1.45 bits per heavy atom. The molecule has 2 heterocycles. The highest BCUT2D eigenvalue weighted by atomic mass is 32.2. The Balaban J connectivity index is 2.15. The van der Waals surface area contributed by atoms with Gasteiger partial charge in [-0.1, -0.05) is 0 Å². The average molecular weight is 322 g/mol. The van der Waals surface area contributed by atoms with Crippen molar-refractivity contribution in [3.63, 3.8) is 0 Å². The molecule has 1 fully saturated rings. The summed E-state index contributed by atoms with van der Waals surface area (Å²) in [5.41, 5.74) is 6.13. The first-order valence-electron chi connectivity index (χ1n) is 6.18. The van der Waals surface area contributed by atoms with Gasteiger partial charge in [0.2, 0.25) is 10.0 Å². The number of hydrogen-bond donors (Lipinski definition) is 2. The molecule has 1 aromatic heterocycles. The van der Waals surface area contributed by atoms with Crippen LogP contribution < -0.4 is 10.5 Å². The van der Waals surface area contributed by atoms with Gasteiger partial charge in [0.1, 0.15) is 9.84 Å². The van der Waals surface area contributed by atoms with Crippen molar-refractivity contribution < 1.29 is 16.8 Å². The molecule has 0 aliphatic carbocycles. The van der Waals surface area contributed by atoms with E-state index < -0.39 is 25.1 Å². The van der Waals surface area contributed by atoms with E-state index >= 15 is 0 Å². The third-order valence-corrected chi connectivity index (χ3v) is 6.85. The van der Waals surface area contributed by atoms with Crippen LogP contribution in [0.25, 0.3) is 0 Å². The van der Waals surface area contributed by atoms with E-state index in [-0.39, 0.29) is 36.7 Å². The number of nitrogens with one attached hydrogen (secondary N) is 1. The molecule has 3 N–H and O–H groups in total. The molecule has 0 radical (unpaired) electrons. The molecular weight excluding hydrogens is 304 g/mol. The summed E-state index contributed by atoms with van der Waals surface area (Å²) in [6.45, 7) is 0.171. The molecule has 20 heavy (non-hydrogen) atoms. The molecule has 0 bridgehead atoms. The lowest BCUT2D eigenvalue weighted by atomic mass is 10.2. The Bertz CT molecular complexity index is 679. The highest BCUT2D eigenvalue weighted by Gasteiger charge is 2.33. The van der Waals surface area contributed by atoms with Crippen LogP contribution in [0.5, 0.6) is 0 Å². The van der Waals surface area contributed by atoms with Crippen LogP contribution in [-0.4, -0.2) is 43.4 Å². The van der Waals surface area contributed by atoms with E-state index in [1.54, 1.807) is 13.2 Å². The van der Waals surface area contributed by atoms with Crippen LogP contribution >= 0.6 is 0 Å². The van der Waals surface area contributed by atoms with Crippen molar-refractivity contribution in [2.24, 2.45) is 12.8 Å². The number of aryl methyl sites for hydroxylation is 1. The van der Waals surface area contributed by atoms with Gasteiger partial charge in [-0.3, -0.25) is 9.40 Å². The van der Waals surface area contributed by atoms with Gasteiger partial charge in [0.25, 0.3) is 0 Å². The van der Waals surface area contributed by atoms with Crippen LogP contribution in [0.3, 0.4) is 0 Å². The van der Waals surface area contributed by atoms with Crippen LogP contribution in [0.2, 0.25) is 0 Å². The first-order valence-corrected chi connectivity index (χ1v) is 9.55. The van der Waals surface area contributed by atoms with Crippen LogP contribution in [0.1, 0.15) is 18.4 Å². The van der Waals surface area contributed by atoms with Gasteiger partial charge in [-0.25, -0.2) is 16.8 Å². The maximum atomic E-state index is 12.2. The number of aromatic nitrogens is 2. The molecule has 0 amide bonds. The Labute approximate surface area is 118 Å². The summed E-state index contributed by atoms with van der Waals surface area (Å²) in [6, 6.07) is 0. The lowest BCUT2D eigenvalue weighted by Gasteiger charge is -2.22. The van der Waals surface area contributed by atoms with Gasteiger partial charge in [-0.15, -0.1) is 0 Å². The van der Waals surface area contributed by atoms with Crippen molar-refractivity contribution >= 4 is 25.7 Å². The monoisotopic (exact) mass is 322 g/mol. The Morgan fingerprint density at radius 3 is 2.60 bits per heavy atom. The Hall–Kier alpha value is -1.13. The molecule has 114 valence electrons. The van der Waals surface area contributed by atoms with Crippen LogP contribution in [-0.2, 0) is 33.5 Å². The van der Waals surface area contributed by atoms with Gasteiger partial charge in [0.15, 0.2) is 5.82 Å². The van der Waals surface area contributed by atoms with Gasteiger partial charge in [0, 0.05) is 25.4 Å². The molecule has 0 unspecified atom stereocenters. The molecule has 0 aromatic carbocycles. The van der Waals surface area contributed by atoms with Crippen molar-refractivity contribution in [3.8, 4) is 0 Å². The van der Waals surface area contributed by atoms with Crippen molar-refractivity contribution in [2.45, 2.75) is 24.6 Å². The van der Waals surface area contributed by atoms with Gasteiger partial charge < -0.3 is 5.73 Å². The number of rotatable bonds is 4. The van der Waals surface area contributed by atoms with Crippen molar-refractivity contribution in [1.29, 1.82) is 0 Å². The average Bonchev–Trinajstić information content (AvgIpc) is 2.68. The van der Waals surface area contributed by atoms with Gasteiger partial charge in [-0.2, -0.15) is 5.10 Å². The number of hydrogen-bond acceptors (Lipinski definition) is 6. The van der Waals surface area contributed by atoms with E-state index in [0.717, 1.165) is 0 Å². The van der Waals surface area contributed by atoms with Gasteiger partial charge in [0.05, 0.1) is 16.8 Å². The lowest BCUT2D eigenvalue weighted by molar-refractivity contribution is 0.555. The number of sulfonamides is 1. The number of anilines is 1. The van der Waals surface area contributed by atoms with E-state index in [0.29, 0.717) is 5.56 Å². The minimum atomic E-state index is -3.65. The number of sulfone groups is 1. The van der Waals surface area contributed by atoms with E-state index in [1.807, 2.05) is 0 Å². The summed E-state index contributed by atoms with van der Waals surface area (Å²) in [4.78, 5) is 0. The minimum absolute atomic E-state index is 0.0927. The molecule has 1 aliphatic heterocycles. The molecule has 8 nitrogen and oxygen atoms in total. The fourth-order valence-electron chi connectivity index (χ4n) is 2.17. The van der Waals surface area contributed by atoms with E-state index in [2.05, 4.69) is 9.82 Å². The number of nitrogens with zero attached hydrogens (tertiary/aromatic N) is 2. The number of nitrogens with two attached hydrogens (primary N) is 1. The SMILES string of the molecule is Cn1cc(CN)c(NS(=O)(=O)C2CCS(=O)(=O)CC2)n1. The zero-order valence-corrected chi connectivity index (χ0v) is 12.7. The normalized spacial score (nSPS) is 19.9. The summed E-state index contributed by atoms with van der Waals surface area (Å²) in [5.74, 6) is 0.0261. The fraction of sp³-hybridized carbons (Fsp3) is 0.700. The van der Waals surface area contributed by atoms with Gasteiger partial charge >= 0.3 is 0 Å². The Morgan fingerprint density at radius 2 is 2.05 bits per heavy atom. The first-order chi connectivity index (χ1) is 9.23. The maximum absolute atomic E-state index is 12.2. The second-order valence-corrected chi connectivity index (χ2v) is 9.14. The summed E-state index contributed by atoms with van der Waals surface area (Å²) in [5, 5.41) is 3.31. The fourth-order valence-corrected chi connectivity index (χ4v) is 5.42. The standard InChI is InChI=1S/C10H18N4O4S2/c1-14-7-8(6-11)10(12-14)13-20(17,18)9-2-4-19(15,16)5-3-9/h7,9H,2-6,11H2,1H3,(H,12,13). The summed E-state index contributed by atoms with van der Waals surface area (Å²) in [6.07, 6.45) is 1.87. The molecule has 1 saturated heterocycles. The quantitative estimate of drug-likeness (QED) is 0.747. The van der Waals surface area contributed by atoms with Crippen LogP contribution in [0, 0.1) is 0 Å². The largest absolute Gasteiger partial charge is 0.326 e. The summed E-state index contributed by atoms with van der Waals surface area (Å²) in [7, 11) is -5.07. The molecule has 0 saturated carbocycles. The molecule has 1 aliphatic rings. The van der Waals surface area contributed by atoms with E-state index in [9.17, 15) is 16.8 Å².